The highest BCUT2D eigenvalue weighted by Crippen LogP contribution is 2.30. The first-order valence-electron chi connectivity index (χ1n) is 6.99. The zero-order valence-electron chi connectivity index (χ0n) is 11.4. The number of aryl methyl sites for hydroxylation is 1. The summed E-state index contributed by atoms with van der Waals surface area (Å²) in [6.07, 6.45) is 3.23. The van der Waals surface area contributed by atoms with Crippen LogP contribution in [0.4, 0.5) is 0 Å². The Labute approximate surface area is 146 Å². The van der Waals surface area contributed by atoms with Gasteiger partial charge in [-0.05, 0) is 87.1 Å². The highest BCUT2D eigenvalue weighted by atomic mass is 127. The van der Waals surface area contributed by atoms with E-state index in [1.807, 2.05) is 24.3 Å². The number of hydrogen-bond donors (Lipinski definition) is 1. The number of rotatable bonds is 2. The lowest BCUT2D eigenvalue weighted by molar-refractivity contribution is 0.0932. The minimum atomic E-state index is -0.0119. The molecular weight excluding hydrogens is 441 g/mol. The van der Waals surface area contributed by atoms with Crippen molar-refractivity contribution in [2.45, 2.75) is 25.3 Å². The maximum atomic E-state index is 12.6. The van der Waals surface area contributed by atoms with E-state index in [-0.39, 0.29) is 11.9 Å². The molecule has 0 saturated carbocycles. The normalized spacial score (nSPS) is 17.1. The molecule has 2 nitrogen and oxygen atoms in total. The Morgan fingerprint density at radius 1 is 1.24 bits per heavy atom. The third kappa shape index (κ3) is 3.31. The van der Waals surface area contributed by atoms with E-state index in [4.69, 9.17) is 0 Å². The number of carbonyl (C=O) groups is 1. The van der Waals surface area contributed by atoms with Crippen LogP contribution >= 0.6 is 38.5 Å². The molecule has 108 valence electrons. The molecule has 0 bridgehead atoms. The molecule has 1 aliphatic carbocycles. The molecule has 0 saturated heterocycles. The molecule has 0 radical (unpaired) electrons. The predicted molar refractivity (Wildman–Crippen MR) is 96.4 cm³/mol. The van der Waals surface area contributed by atoms with Crippen LogP contribution in [0.1, 0.15) is 40.4 Å². The van der Waals surface area contributed by atoms with Gasteiger partial charge in [-0.1, -0.05) is 24.3 Å². The van der Waals surface area contributed by atoms with Crippen LogP contribution in [-0.4, -0.2) is 5.91 Å². The van der Waals surface area contributed by atoms with E-state index in [0.29, 0.717) is 5.56 Å². The van der Waals surface area contributed by atoms with Crippen LogP contribution < -0.4 is 5.32 Å². The summed E-state index contributed by atoms with van der Waals surface area (Å²) in [4.78, 5) is 12.6. The van der Waals surface area contributed by atoms with Gasteiger partial charge in [-0.2, -0.15) is 0 Å². The molecule has 2 aromatic rings. The molecule has 1 N–H and O–H groups in total. The van der Waals surface area contributed by atoms with E-state index in [1.165, 1.54) is 11.1 Å². The summed E-state index contributed by atoms with van der Waals surface area (Å²) in [5, 5.41) is 3.19. The maximum absolute atomic E-state index is 12.6. The molecule has 1 aliphatic rings. The zero-order chi connectivity index (χ0) is 14.8. The van der Waals surface area contributed by atoms with Gasteiger partial charge in [0.1, 0.15) is 0 Å². The van der Waals surface area contributed by atoms with Gasteiger partial charge in [-0.15, -0.1) is 0 Å². The van der Waals surface area contributed by atoms with Gasteiger partial charge in [0.2, 0.25) is 0 Å². The monoisotopic (exact) mass is 455 g/mol. The highest BCUT2D eigenvalue weighted by Gasteiger charge is 2.22. The number of benzene rings is 2. The summed E-state index contributed by atoms with van der Waals surface area (Å²) < 4.78 is 1.90. The summed E-state index contributed by atoms with van der Waals surface area (Å²) in [5.74, 6) is -0.0119. The van der Waals surface area contributed by atoms with Crippen molar-refractivity contribution in [2.24, 2.45) is 0 Å². The van der Waals surface area contributed by atoms with Crippen LogP contribution in [-0.2, 0) is 6.42 Å². The fraction of sp³-hybridized carbons (Fsp3) is 0.235. The van der Waals surface area contributed by atoms with Gasteiger partial charge in [0, 0.05) is 8.04 Å². The Bertz CT molecular complexity index is 686. The number of amides is 1. The molecule has 1 amide bonds. The van der Waals surface area contributed by atoms with Crippen LogP contribution in [0.2, 0.25) is 0 Å². The second-order valence-corrected chi connectivity index (χ2v) is 7.34. The SMILES string of the molecule is O=C(NC1CCCc2ccccc21)c1cc(I)ccc1Br. The van der Waals surface area contributed by atoms with E-state index in [1.54, 1.807) is 0 Å². The van der Waals surface area contributed by atoms with Crippen molar-refractivity contribution >= 4 is 44.4 Å². The molecule has 21 heavy (non-hydrogen) atoms. The summed E-state index contributed by atoms with van der Waals surface area (Å²) in [6, 6.07) is 14.3. The molecule has 0 aliphatic heterocycles. The first-order valence-corrected chi connectivity index (χ1v) is 8.86. The Balaban J connectivity index is 1.84. The van der Waals surface area contributed by atoms with Gasteiger partial charge in [-0.3, -0.25) is 4.79 Å². The van der Waals surface area contributed by atoms with Gasteiger partial charge in [0.05, 0.1) is 11.6 Å². The summed E-state index contributed by atoms with van der Waals surface area (Å²) >= 11 is 5.69. The average Bonchev–Trinajstić information content (AvgIpc) is 2.50. The maximum Gasteiger partial charge on any atom is 0.252 e. The van der Waals surface area contributed by atoms with Crippen molar-refractivity contribution in [2.75, 3.05) is 0 Å². The van der Waals surface area contributed by atoms with Crippen LogP contribution in [0.5, 0.6) is 0 Å². The lowest BCUT2D eigenvalue weighted by Crippen LogP contribution is -2.31. The van der Waals surface area contributed by atoms with Crippen LogP contribution in [0, 0.1) is 3.57 Å². The fourth-order valence-corrected chi connectivity index (χ4v) is 3.73. The molecule has 4 heteroatoms. The van der Waals surface area contributed by atoms with Crippen molar-refractivity contribution in [1.82, 2.24) is 5.32 Å². The molecular formula is C17H15BrINO. The van der Waals surface area contributed by atoms with E-state index < -0.39 is 0 Å². The lowest BCUT2D eigenvalue weighted by atomic mass is 9.87. The largest absolute Gasteiger partial charge is 0.345 e. The average molecular weight is 456 g/mol. The summed E-state index contributed by atoms with van der Waals surface area (Å²) in [5.41, 5.74) is 3.32. The van der Waals surface area contributed by atoms with E-state index in [0.717, 1.165) is 27.3 Å². The topological polar surface area (TPSA) is 29.1 Å². The molecule has 0 aromatic heterocycles. The Morgan fingerprint density at radius 3 is 2.90 bits per heavy atom. The van der Waals surface area contributed by atoms with Crippen LogP contribution in [0.25, 0.3) is 0 Å². The third-order valence-electron chi connectivity index (χ3n) is 3.85. The second kappa shape index (κ2) is 6.48. The Morgan fingerprint density at radius 2 is 2.05 bits per heavy atom. The minimum Gasteiger partial charge on any atom is -0.345 e. The number of fused-ring (bicyclic) bond motifs is 1. The predicted octanol–water partition coefficient (Wildman–Crippen LogP) is 4.86. The number of hydrogen-bond acceptors (Lipinski definition) is 1. The van der Waals surface area contributed by atoms with Crippen molar-refractivity contribution < 1.29 is 4.79 Å². The van der Waals surface area contributed by atoms with Crippen LogP contribution in [0.15, 0.2) is 46.9 Å². The Hall–Kier alpha value is -0.880. The van der Waals surface area contributed by atoms with Crippen LogP contribution in [0.3, 0.4) is 0 Å². The standard InChI is InChI=1S/C17H15BrINO/c18-15-9-8-12(19)10-14(15)17(21)20-16-7-3-5-11-4-1-2-6-13(11)16/h1-2,4,6,8-10,16H,3,5,7H2,(H,20,21). The van der Waals surface area contributed by atoms with Crippen molar-refractivity contribution in [1.29, 1.82) is 0 Å². The van der Waals surface area contributed by atoms with Gasteiger partial charge in [-0.25, -0.2) is 0 Å². The van der Waals surface area contributed by atoms with E-state index in [9.17, 15) is 4.79 Å². The zero-order valence-corrected chi connectivity index (χ0v) is 15.1. The molecule has 0 fully saturated rings. The minimum absolute atomic E-state index is 0.0119. The lowest BCUT2D eigenvalue weighted by Gasteiger charge is -2.26. The number of halogens is 2. The quantitative estimate of drug-likeness (QED) is 0.643. The van der Waals surface area contributed by atoms with E-state index >= 15 is 0 Å². The molecule has 0 heterocycles. The molecule has 3 rings (SSSR count). The first-order chi connectivity index (χ1) is 10.1. The second-order valence-electron chi connectivity index (χ2n) is 5.24. The summed E-state index contributed by atoms with van der Waals surface area (Å²) in [6.45, 7) is 0. The number of nitrogens with one attached hydrogen (secondary N) is 1. The molecule has 2 aromatic carbocycles. The molecule has 1 atom stereocenters. The first kappa shape index (κ1) is 15.0. The van der Waals surface area contributed by atoms with Gasteiger partial charge >= 0.3 is 0 Å². The molecule has 1 unspecified atom stereocenters. The summed E-state index contributed by atoms with van der Waals surface area (Å²) in [7, 11) is 0. The Kier molecular flexibility index (Phi) is 4.64. The number of carbonyl (C=O) groups excluding carboxylic acids is 1. The smallest absolute Gasteiger partial charge is 0.252 e. The molecule has 0 spiro atoms. The van der Waals surface area contributed by atoms with Gasteiger partial charge in [0.25, 0.3) is 5.91 Å². The fourth-order valence-electron chi connectivity index (χ4n) is 2.81. The van der Waals surface area contributed by atoms with Gasteiger partial charge < -0.3 is 5.32 Å². The van der Waals surface area contributed by atoms with Crippen molar-refractivity contribution in [3.63, 3.8) is 0 Å². The van der Waals surface area contributed by atoms with E-state index in [2.05, 4.69) is 62.0 Å². The van der Waals surface area contributed by atoms with Gasteiger partial charge in [0.15, 0.2) is 0 Å². The van der Waals surface area contributed by atoms with Crippen molar-refractivity contribution in [3.8, 4) is 0 Å². The highest BCUT2D eigenvalue weighted by molar-refractivity contribution is 14.1. The third-order valence-corrected chi connectivity index (χ3v) is 5.21. The van der Waals surface area contributed by atoms with Crippen molar-refractivity contribution in [3.05, 3.63) is 67.2 Å².